The minimum Gasteiger partial charge on any atom is -0.429 e. The molecule has 216 valence electrons. The predicted octanol–water partition coefficient (Wildman–Crippen LogP) is 10.8. The summed E-state index contributed by atoms with van der Waals surface area (Å²) in [5, 5.41) is -0.981. The van der Waals surface area contributed by atoms with E-state index in [4.69, 9.17) is 11.6 Å². The third kappa shape index (κ3) is 6.84. The zero-order valence-corrected chi connectivity index (χ0v) is 22.4. The number of ether oxygens (including phenoxy) is 1. The van der Waals surface area contributed by atoms with Crippen molar-refractivity contribution in [2.24, 2.45) is 0 Å². The topological polar surface area (TPSA) is 9.23 Å². The van der Waals surface area contributed by atoms with Gasteiger partial charge in [-0.05, 0) is 59.4 Å². The molecule has 0 aliphatic carbocycles. The Hall–Kier alpha value is -3.59. The van der Waals surface area contributed by atoms with Crippen molar-refractivity contribution in [2.45, 2.75) is 45.1 Å². The molecule has 0 fully saturated rings. The third-order valence-electron chi connectivity index (χ3n) is 6.47. The van der Waals surface area contributed by atoms with Gasteiger partial charge in [0.05, 0.1) is 10.6 Å². The van der Waals surface area contributed by atoms with Crippen LogP contribution in [-0.4, -0.2) is 0 Å². The maximum absolute atomic E-state index is 15.1. The number of alkyl halides is 2. The lowest BCUT2D eigenvalue weighted by Crippen LogP contribution is -2.24. The van der Waals surface area contributed by atoms with Gasteiger partial charge in [-0.2, -0.15) is 8.78 Å². The zero-order chi connectivity index (χ0) is 29.9. The Balaban J connectivity index is 1.60. The lowest BCUT2D eigenvalue weighted by Gasteiger charge is -2.21. The van der Waals surface area contributed by atoms with Crippen LogP contribution in [0.25, 0.3) is 22.3 Å². The first-order valence-corrected chi connectivity index (χ1v) is 13.1. The van der Waals surface area contributed by atoms with Gasteiger partial charge in [0.2, 0.25) is 0 Å². The molecule has 0 saturated carbocycles. The van der Waals surface area contributed by atoms with E-state index < -0.39 is 68.5 Å². The van der Waals surface area contributed by atoms with Crippen molar-refractivity contribution in [1.82, 2.24) is 0 Å². The summed E-state index contributed by atoms with van der Waals surface area (Å²) in [6.45, 7) is 2.12. The van der Waals surface area contributed by atoms with E-state index in [0.717, 1.165) is 49.8 Å². The van der Waals surface area contributed by atoms with Gasteiger partial charge in [-0.3, -0.25) is 0 Å². The van der Waals surface area contributed by atoms with Gasteiger partial charge in [0.1, 0.15) is 28.8 Å². The normalized spacial score (nSPS) is 11.7. The van der Waals surface area contributed by atoms with Gasteiger partial charge in [-0.1, -0.05) is 62.1 Å². The minimum atomic E-state index is -4.60. The Morgan fingerprint density at radius 1 is 0.659 bits per heavy atom. The van der Waals surface area contributed by atoms with Crippen LogP contribution in [0, 0.1) is 34.9 Å². The molecule has 0 aromatic heterocycles. The predicted molar refractivity (Wildman–Crippen MR) is 141 cm³/mol. The molecule has 0 aliphatic rings. The monoisotopic (exact) mass is 598 g/mol. The number of hydrogen-bond donors (Lipinski definition) is 0. The molecular weight excluding hydrogens is 576 g/mol. The first-order valence-electron chi connectivity index (χ1n) is 12.7. The summed E-state index contributed by atoms with van der Waals surface area (Å²) in [6, 6.07) is 10.7. The highest BCUT2D eigenvalue weighted by Gasteiger charge is 2.41. The van der Waals surface area contributed by atoms with Crippen molar-refractivity contribution < 1.29 is 39.9 Å². The lowest BCUT2D eigenvalue weighted by molar-refractivity contribution is -0.187. The molecule has 10 heteroatoms. The number of hydrogen-bond acceptors (Lipinski definition) is 1. The molecule has 0 bridgehead atoms. The number of unbranched alkanes of at least 4 members (excludes halogenated alkanes) is 3. The van der Waals surface area contributed by atoms with Gasteiger partial charge in [0.25, 0.3) is 0 Å². The number of benzene rings is 4. The summed E-state index contributed by atoms with van der Waals surface area (Å²) < 4.78 is 119. The Kier molecular flexibility index (Phi) is 9.27. The number of rotatable bonds is 10. The van der Waals surface area contributed by atoms with E-state index in [0.29, 0.717) is 17.7 Å². The van der Waals surface area contributed by atoms with Crippen LogP contribution >= 0.6 is 11.6 Å². The van der Waals surface area contributed by atoms with Crippen LogP contribution in [0.1, 0.15) is 43.7 Å². The smallest absolute Gasteiger partial charge is 0.429 e. The molecule has 0 amide bonds. The highest BCUT2D eigenvalue weighted by Crippen LogP contribution is 2.41. The van der Waals surface area contributed by atoms with Crippen LogP contribution in [-0.2, 0) is 12.5 Å². The van der Waals surface area contributed by atoms with E-state index in [1.54, 1.807) is 12.1 Å². The summed E-state index contributed by atoms with van der Waals surface area (Å²) >= 11 is 5.87. The van der Waals surface area contributed by atoms with Crippen molar-refractivity contribution in [3.8, 4) is 28.0 Å². The van der Waals surface area contributed by atoms with Gasteiger partial charge in [-0.15, -0.1) is 0 Å². The second-order valence-corrected chi connectivity index (χ2v) is 9.86. The fourth-order valence-corrected chi connectivity index (χ4v) is 4.74. The van der Waals surface area contributed by atoms with Gasteiger partial charge < -0.3 is 4.74 Å². The summed E-state index contributed by atoms with van der Waals surface area (Å²) in [5.74, 6) is -10.6. The molecule has 1 nitrogen and oxygen atoms in total. The first kappa shape index (κ1) is 30.4. The molecular formula is C31H23ClF8O. The van der Waals surface area contributed by atoms with Crippen molar-refractivity contribution in [3.05, 3.63) is 112 Å². The highest BCUT2D eigenvalue weighted by molar-refractivity contribution is 6.31. The zero-order valence-electron chi connectivity index (χ0n) is 21.6. The summed E-state index contributed by atoms with van der Waals surface area (Å²) in [4.78, 5) is 0. The molecule has 41 heavy (non-hydrogen) atoms. The van der Waals surface area contributed by atoms with E-state index in [1.807, 2.05) is 12.1 Å². The van der Waals surface area contributed by atoms with Crippen LogP contribution in [0.2, 0.25) is 5.02 Å². The molecule has 0 atom stereocenters. The first-order chi connectivity index (χ1) is 19.4. The third-order valence-corrected chi connectivity index (χ3v) is 6.77. The summed E-state index contributed by atoms with van der Waals surface area (Å²) in [5.41, 5.74) is -0.904. The maximum atomic E-state index is 15.1. The number of aryl methyl sites for hydroxylation is 1. The van der Waals surface area contributed by atoms with Gasteiger partial charge in [-0.25, -0.2) is 26.3 Å². The highest BCUT2D eigenvalue weighted by atomic mass is 35.5. The fraction of sp³-hybridized carbons (Fsp3) is 0.226. The largest absolute Gasteiger partial charge is 0.431 e. The molecule has 0 saturated heterocycles. The Morgan fingerprint density at radius 3 is 1.80 bits per heavy atom. The van der Waals surface area contributed by atoms with Gasteiger partial charge >= 0.3 is 6.11 Å². The molecule has 0 unspecified atom stereocenters. The van der Waals surface area contributed by atoms with Crippen LogP contribution in [0.3, 0.4) is 0 Å². The fourth-order valence-electron chi connectivity index (χ4n) is 4.42. The molecule has 4 aromatic rings. The van der Waals surface area contributed by atoms with E-state index in [-0.39, 0.29) is 17.7 Å². The lowest BCUT2D eigenvalue weighted by atomic mass is 9.96. The van der Waals surface area contributed by atoms with Crippen LogP contribution in [0.5, 0.6) is 5.75 Å². The van der Waals surface area contributed by atoms with Crippen LogP contribution in [0.15, 0.2) is 60.7 Å². The SMILES string of the molecule is CCCCCCc1ccc(-c2cc(F)c(-c3cc(F)c(C(F)(F)Oc4cc(F)c(F)c(F)c4)c(Cl)c3)c(F)c2)cc1. The van der Waals surface area contributed by atoms with Crippen molar-refractivity contribution in [3.63, 3.8) is 0 Å². The van der Waals surface area contributed by atoms with Crippen molar-refractivity contribution in [1.29, 1.82) is 0 Å². The minimum absolute atomic E-state index is 0.139. The van der Waals surface area contributed by atoms with Crippen molar-refractivity contribution in [2.75, 3.05) is 0 Å². The van der Waals surface area contributed by atoms with Crippen LogP contribution < -0.4 is 4.74 Å². The van der Waals surface area contributed by atoms with Gasteiger partial charge in [0.15, 0.2) is 17.5 Å². The summed E-state index contributed by atoms with van der Waals surface area (Å²) in [7, 11) is 0. The van der Waals surface area contributed by atoms with E-state index in [1.165, 1.54) is 0 Å². The molecule has 0 heterocycles. The maximum Gasteiger partial charge on any atom is 0.431 e. The molecule has 0 spiro atoms. The molecule has 0 radical (unpaired) electrons. The number of halogens is 9. The second kappa shape index (κ2) is 12.5. The average Bonchev–Trinajstić information content (AvgIpc) is 2.89. The average molecular weight is 599 g/mol. The molecule has 4 rings (SSSR count). The van der Waals surface area contributed by atoms with E-state index in [9.17, 15) is 26.3 Å². The Bertz CT molecular complexity index is 1480. The van der Waals surface area contributed by atoms with Crippen molar-refractivity contribution >= 4 is 11.6 Å². The standard InChI is InChI=1S/C31H23ClF8O/c1-2-3-4-5-6-17-7-9-18(10-8-17)19-12-23(33)28(24(34)13-19)20-11-22(32)29(25(35)14-20)31(39,40)41-21-15-26(36)30(38)27(37)16-21/h7-16H,2-6H2,1H3. The molecule has 0 N–H and O–H groups in total. The quantitative estimate of drug-likeness (QED) is 0.100. The molecule has 0 aliphatic heterocycles. The second-order valence-electron chi connectivity index (χ2n) is 9.46. The van der Waals surface area contributed by atoms with Gasteiger partial charge in [0, 0.05) is 12.1 Å². The summed E-state index contributed by atoms with van der Waals surface area (Å²) in [6.07, 6.45) is 0.699. The van der Waals surface area contributed by atoms with E-state index >= 15 is 8.78 Å². The van der Waals surface area contributed by atoms with Crippen LogP contribution in [0.4, 0.5) is 35.1 Å². The van der Waals surface area contributed by atoms with E-state index in [2.05, 4.69) is 11.7 Å². The molecule has 4 aromatic carbocycles. The Labute approximate surface area is 236 Å². The Morgan fingerprint density at radius 2 is 1.24 bits per heavy atom.